The first kappa shape index (κ1) is 21.7. The number of hydrogen-bond donors (Lipinski definition) is 0. The zero-order valence-corrected chi connectivity index (χ0v) is 17.5. The quantitative estimate of drug-likeness (QED) is 0.365. The van der Waals surface area contributed by atoms with Crippen LogP contribution in [-0.2, 0) is 4.57 Å². The molecule has 148 valence electrons. The van der Waals surface area contributed by atoms with Gasteiger partial charge in [-0.05, 0) is 48.5 Å². The number of alkyl halides is 2. The Morgan fingerprint density at radius 1 is 0.741 bits per heavy atom. The summed E-state index contributed by atoms with van der Waals surface area (Å²) < 4.78 is 37.0. The van der Waals surface area contributed by atoms with Gasteiger partial charge < -0.3 is 18.5 Å². The lowest BCUT2D eigenvalue weighted by Crippen LogP contribution is -2.29. The van der Waals surface area contributed by atoms with Crippen molar-refractivity contribution in [2.75, 3.05) is 39.1 Å². The van der Waals surface area contributed by atoms with Crippen molar-refractivity contribution in [1.82, 2.24) is 4.67 Å². The molecule has 0 aliphatic rings. The highest BCUT2D eigenvalue weighted by Crippen LogP contribution is 2.52. The Labute approximate surface area is 169 Å². The van der Waals surface area contributed by atoms with Crippen molar-refractivity contribution in [2.24, 2.45) is 0 Å². The summed E-state index contributed by atoms with van der Waals surface area (Å²) in [6.07, 6.45) is 0. The molecular formula is C18H22Cl2NO5P. The van der Waals surface area contributed by atoms with Crippen LogP contribution >= 0.6 is 30.9 Å². The van der Waals surface area contributed by atoms with E-state index in [4.69, 9.17) is 41.7 Å². The van der Waals surface area contributed by atoms with E-state index in [-0.39, 0.29) is 24.8 Å². The summed E-state index contributed by atoms with van der Waals surface area (Å²) >= 11 is 11.7. The van der Waals surface area contributed by atoms with Gasteiger partial charge in [0.1, 0.15) is 23.0 Å². The van der Waals surface area contributed by atoms with E-state index in [2.05, 4.69) is 0 Å². The van der Waals surface area contributed by atoms with Crippen LogP contribution in [0.5, 0.6) is 23.0 Å². The Morgan fingerprint density at radius 2 is 1.07 bits per heavy atom. The van der Waals surface area contributed by atoms with Crippen molar-refractivity contribution in [3.63, 3.8) is 0 Å². The van der Waals surface area contributed by atoms with Gasteiger partial charge in [-0.1, -0.05) is 0 Å². The third-order valence-corrected chi connectivity index (χ3v) is 5.91. The summed E-state index contributed by atoms with van der Waals surface area (Å²) in [6.45, 7) is 0.579. The van der Waals surface area contributed by atoms with Crippen LogP contribution < -0.4 is 18.5 Å². The molecule has 2 aromatic rings. The Balaban J connectivity index is 2.31. The highest BCUT2D eigenvalue weighted by atomic mass is 35.5. The first-order valence-electron chi connectivity index (χ1n) is 8.19. The first-order chi connectivity index (χ1) is 13.0. The molecular weight excluding hydrogens is 412 g/mol. The predicted molar refractivity (Wildman–Crippen MR) is 108 cm³/mol. The maximum Gasteiger partial charge on any atom is 0.515 e. The van der Waals surface area contributed by atoms with Crippen LogP contribution in [0.4, 0.5) is 0 Å². The van der Waals surface area contributed by atoms with E-state index in [9.17, 15) is 4.57 Å². The second kappa shape index (κ2) is 10.7. The Morgan fingerprint density at radius 3 is 1.37 bits per heavy atom. The van der Waals surface area contributed by atoms with Gasteiger partial charge >= 0.3 is 7.75 Å². The van der Waals surface area contributed by atoms with Gasteiger partial charge in [0.05, 0.1) is 14.2 Å². The number of nitrogens with zero attached hydrogens (tertiary/aromatic N) is 1. The SMILES string of the molecule is COc1ccc(OP(=O)(Oc2ccc(OC)cc2)N(CCCl)CCCl)cc1. The van der Waals surface area contributed by atoms with Crippen LogP contribution in [0.15, 0.2) is 48.5 Å². The highest BCUT2D eigenvalue weighted by molar-refractivity contribution is 7.52. The van der Waals surface area contributed by atoms with E-state index in [0.29, 0.717) is 23.0 Å². The molecule has 9 heteroatoms. The third-order valence-electron chi connectivity index (χ3n) is 3.59. The van der Waals surface area contributed by atoms with Gasteiger partial charge in [-0.3, -0.25) is 0 Å². The number of methoxy groups -OCH3 is 2. The van der Waals surface area contributed by atoms with Crippen molar-refractivity contribution >= 4 is 30.9 Å². The molecule has 0 N–H and O–H groups in total. The normalized spacial score (nSPS) is 11.3. The van der Waals surface area contributed by atoms with E-state index >= 15 is 0 Å². The Bertz CT molecular complexity index is 683. The largest absolute Gasteiger partial charge is 0.515 e. The number of benzene rings is 2. The fraction of sp³-hybridized carbons (Fsp3) is 0.333. The fourth-order valence-electron chi connectivity index (χ4n) is 2.23. The zero-order valence-electron chi connectivity index (χ0n) is 15.1. The molecule has 27 heavy (non-hydrogen) atoms. The number of hydrogen-bond acceptors (Lipinski definition) is 5. The second-order valence-electron chi connectivity index (χ2n) is 5.33. The van der Waals surface area contributed by atoms with Crippen molar-refractivity contribution in [3.8, 4) is 23.0 Å². The number of ether oxygens (including phenoxy) is 2. The smallest absolute Gasteiger partial charge is 0.497 e. The molecule has 0 unspecified atom stereocenters. The van der Waals surface area contributed by atoms with Crippen molar-refractivity contribution in [1.29, 1.82) is 0 Å². The van der Waals surface area contributed by atoms with Crippen LogP contribution in [0.3, 0.4) is 0 Å². The molecule has 0 heterocycles. The molecule has 0 aliphatic heterocycles. The highest BCUT2D eigenvalue weighted by Gasteiger charge is 2.36. The van der Waals surface area contributed by atoms with Crippen molar-refractivity contribution in [3.05, 3.63) is 48.5 Å². The monoisotopic (exact) mass is 433 g/mol. The molecule has 0 atom stereocenters. The topological polar surface area (TPSA) is 57.2 Å². The average molecular weight is 434 g/mol. The molecule has 0 fully saturated rings. The van der Waals surface area contributed by atoms with Gasteiger partial charge in [0.2, 0.25) is 0 Å². The summed E-state index contributed by atoms with van der Waals surface area (Å²) in [5.74, 6) is 2.57. The summed E-state index contributed by atoms with van der Waals surface area (Å²) in [6, 6.07) is 13.5. The molecule has 0 aromatic heterocycles. The van der Waals surface area contributed by atoms with E-state index < -0.39 is 7.75 Å². The minimum atomic E-state index is -3.77. The molecule has 0 bridgehead atoms. The molecule has 0 spiro atoms. The third kappa shape index (κ3) is 6.22. The van der Waals surface area contributed by atoms with Gasteiger partial charge in [-0.25, -0.2) is 4.57 Å². The average Bonchev–Trinajstić information content (AvgIpc) is 2.69. The first-order valence-corrected chi connectivity index (χ1v) is 10.8. The molecule has 0 saturated carbocycles. The standard InChI is InChI=1S/C18H22Cl2NO5P/c1-23-15-3-7-17(8-4-15)25-27(22,21(13-11-19)14-12-20)26-18-9-5-16(24-2)6-10-18/h3-10H,11-14H2,1-2H3. The van der Waals surface area contributed by atoms with Crippen LogP contribution in [-0.4, -0.2) is 43.7 Å². The summed E-state index contributed by atoms with van der Waals surface area (Å²) in [5, 5.41) is 0. The minimum Gasteiger partial charge on any atom is -0.497 e. The van der Waals surface area contributed by atoms with Gasteiger partial charge in [0, 0.05) is 24.8 Å². The molecule has 2 rings (SSSR count). The van der Waals surface area contributed by atoms with Crippen LogP contribution in [0.1, 0.15) is 0 Å². The maximum absolute atomic E-state index is 13.6. The molecule has 0 radical (unpaired) electrons. The summed E-state index contributed by atoms with van der Waals surface area (Å²) in [5.41, 5.74) is 0. The van der Waals surface area contributed by atoms with E-state index in [1.54, 1.807) is 62.8 Å². The van der Waals surface area contributed by atoms with Gasteiger partial charge in [0.15, 0.2) is 0 Å². The molecule has 2 aromatic carbocycles. The van der Waals surface area contributed by atoms with E-state index in [0.717, 1.165) is 0 Å². The predicted octanol–water partition coefficient (Wildman–Crippen LogP) is 5.05. The summed E-state index contributed by atoms with van der Waals surface area (Å²) in [7, 11) is -0.639. The lowest BCUT2D eigenvalue weighted by molar-refractivity contribution is 0.295. The number of halogens is 2. The van der Waals surface area contributed by atoms with Crippen molar-refractivity contribution < 1.29 is 23.1 Å². The van der Waals surface area contributed by atoms with Crippen LogP contribution in [0.2, 0.25) is 0 Å². The Hall–Kier alpha value is -1.59. The van der Waals surface area contributed by atoms with Gasteiger partial charge in [-0.2, -0.15) is 4.67 Å². The van der Waals surface area contributed by atoms with E-state index in [1.165, 1.54) is 4.67 Å². The molecule has 0 aliphatic carbocycles. The van der Waals surface area contributed by atoms with Gasteiger partial charge in [0.25, 0.3) is 0 Å². The van der Waals surface area contributed by atoms with Gasteiger partial charge in [-0.15, -0.1) is 23.2 Å². The second-order valence-corrected chi connectivity index (χ2v) is 7.96. The fourth-order valence-corrected chi connectivity index (χ4v) is 4.60. The molecule has 0 amide bonds. The van der Waals surface area contributed by atoms with Crippen LogP contribution in [0.25, 0.3) is 0 Å². The lowest BCUT2D eigenvalue weighted by atomic mass is 10.3. The molecule has 0 saturated heterocycles. The zero-order chi connectivity index (χ0) is 19.7. The molecule has 6 nitrogen and oxygen atoms in total. The minimum absolute atomic E-state index is 0.249. The maximum atomic E-state index is 13.6. The number of rotatable bonds is 11. The summed E-state index contributed by atoms with van der Waals surface area (Å²) in [4.78, 5) is 0. The van der Waals surface area contributed by atoms with Crippen molar-refractivity contribution in [2.45, 2.75) is 0 Å². The Kier molecular flexibility index (Phi) is 8.58. The lowest BCUT2D eigenvalue weighted by Gasteiger charge is -2.29. The van der Waals surface area contributed by atoms with Crippen LogP contribution in [0, 0.1) is 0 Å². The van der Waals surface area contributed by atoms with E-state index in [1.807, 2.05) is 0 Å².